The maximum atomic E-state index is 11.3. The summed E-state index contributed by atoms with van der Waals surface area (Å²) in [7, 11) is -0.552. The van der Waals surface area contributed by atoms with Crippen LogP contribution in [0.15, 0.2) is 0 Å². The molecule has 1 amide bonds. The van der Waals surface area contributed by atoms with Gasteiger partial charge in [0.2, 0.25) is 0 Å². The van der Waals surface area contributed by atoms with Gasteiger partial charge in [0, 0.05) is 13.1 Å². The van der Waals surface area contributed by atoms with E-state index in [1.807, 2.05) is 12.5 Å². The topological polar surface area (TPSA) is 68.8 Å². The molecular formula is C13H32N2O4S2. The first-order valence-electron chi connectivity index (χ1n) is 7.13. The molecule has 6 nitrogen and oxygen atoms in total. The molecule has 0 radical (unpaired) electrons. The molecule has 0 aromatic rings. The van der Waals surface area contributed by atoms with Crippen LogP contribution >= 0.6 is 22.0 Å². The lowest BCUT2D eigenvalue weighted by atomic mass is 10.6. The SMILES string of the molecule is C[SH](C)NCCOCCOCCOCCNC(=O)[SH](C)C. The molecule has 0 aliphatic heterocycles. The Morgan fingerprint density at radius 1 is 0.810 bits per heavy atom. The third-order valence-corrected chi connectivity index (χ3v) is 4.17. The first-order chi connectivity index (χ1) is 10.0. The van der Waals surface area contributed by atoms with E-state index in [9.17, 15) is 4.79 Å². The van der Waals surface area contributed by atoms with E-state index >= 15 is 0 Å². The Kier molecular flexibility index (Phi) is 14.9. The number of ether oxygens (including phenoxy) is 3. The highest BCUT2D eigenvalue weighted by molar-refractivity contribution is 8.28. The molecular weight excluding hydrogens is 312 g/mol. The summed E-state index contributed by atoms with van der Waals surface area (Å²) in [6.07, 6.45) is 8.21. The third-order valence-electron chi connectivity index (χ3n) is 2.35. The Labute approximate surface area is 134 Å². The number of amides is 1. The van der Waals surface area contributed by atoms with E-state index in [0.717, 1.165) is 13.2 Å². The molecule has 0 saturated carbocycles. The number of carbonyl (C=O) groups excluding carboxylic acids is 1. The number of carbonyl (C=O) groups is 1. The average Bonchev–Trinajstić information content (AvgIpc) is 2.43. The molecule has 0 unspecified atom stereocenters. The van der Waals surface area contributed by atoms with Gasteiger partial charge in [-0.2, -0.15) is 10.9 Å². The van der Waals surface area contributed by atoms with Crippen molar-refractivity contribution in [2.45, 2.75) is 0 Å². The van der Waals surface area contributed by atoms with E-state index in [-0.39, 0.29) is 16.3 Å². The van der Waals surface area contributed by atoms with Crippen LogP contribution in [0.4, 0.5) is 4.79 Å². The van der Waals surface area contributed by atoms with E-state index in [0.29, 0.717) is 39.6 Å². The zero-order valence-electron chi connectivity index (χ0n) is 13.7. The Morgan fingerprint density at radius 3 is 1.76 bits per heavy atom. The molecule has 0 aromatic carbocycles. The number of thiol groups is 2. The number of hydrogen-bond donors (Lipinski definition) is 4. The molecule has 21 heavy (non-hydrogen) atoms. The molecule has 0 aliphatic rings. The van der Waals surface area contributed by atoms with E-state index < -0.39 is 10.9 Å². The van der Waals surface area contributed by atoms with Gasteiger partial charge in [0.05, 0.1) is 39.6 Å². The van der Waals surface area contributed by atoms with Crippen LogP contribution in [-0.4, -0.2) is 83.0 Å². The van der Waals surface area contributed by atoms with Crippen LogP contribution in [0.1, 0.15) is 0 Å². The maximum absolute atomic E-state index is 11.3. The van der Waals surface area contributed by atoms with Crippen molar-refractivity contribution < 1.29 is 19.0 Å². The van der Waals surface area contributed by atoms with E-state index in [1.165, 1.54) is 0 Å². The summed E-state index contributed by atoms with van der Waals surface area (Å²) < 4.78 is 19.5. The molecule has 8 heteroatoms. The lowest BCUT2D eigenvalue weighted by Gasteiger charge is -2.12. The fourth-order valence-corrected chi connectivity index (χ4v) is 2.24. The van der Waals surface area contributed by atoms with E-state index in [1.54, 1.807) is 0 Å². The van der Waals surface area contributed by atoms with Crippen molar-refractivity contribution >= 4 is 27.2 Å². The number of rotatable bonds is 13. The predicted octanol–water partition coefficient (Wildman–Crippen LogP) is 0.772. The van der Waals surface area contributed by atoms with Gasteiger partial charge in [0.15, 0.2) is 0 Å². The maximum Gasteiger partial charge on any atom is 0.258 e. The Hall–Kier alpha value is 0.01000. The average molecular weight is 345 g/mol. The standard InChI is InChI=1S/C13H32N2O4S2/c1-20(2)13(16)14-5-7-17-9-11-19-12-10-18-8-6-15-21(3)4/h15,20-21H,5-12H2,1-4H3,(H,14,16). The minimum Gasteiger partial charge on any atom is -0.378 e. The third kappa shape index (κ3) is 16.2. The van der Waals surface area contributed by atoms with Gasteiger partial charge in [-0.15, -0.1) is 0 Å². The van der Waals surface area contributed by atoms with Gasteiger partial charge in [0.1, 0.15) is 0 Å². The Bertz CT molecular complexity index is 256. The summed E-state index contributed by atoms with van der Waals surface area (Å²) in [6.45, 7) is 5.00. The second kappa shape index (κ2) is 14.9. The Morgan fingerprint density at radius 2 is 1.29 bits per heavy atom. The molecule has 0 bridgehead atoms. The lowest BCUT2D eigenvalue weighted by molar-refractivity contribution is 0.0166. The van der Waals surface area contributed by atoms with Crippen LogP contribution in [0.3, 0.4) is 0 Å². The van der Waals surface area contributed by atoms with Crippen molar-refractivity contribution in [3.05, 3.63) is 0 Å². The Balaban J connectivity index is 3.08. The molecule has 0 fully saturated rings. The highest BCUT2D eigenvalue weighted by atomic mass is 32.2. The van der Waals surface area contributed by atoms with E-state index in [4.69, 9.17) is 14.2 Å². The van der Waals surface area contributed by atoms with Crippen LogP contribution in [0, 0.1) is 0 Å². The zero-order valence-corrected chi connectivity index (χ0v) is 15.5. The summed E-state index contributed by atoms with van der Waals surface area (Å²) in [5, 5.41) is 2.94. The molecule has 0 rings (SSSR count). The highest BCUT2D eigenvalue weighted by Crippen LogP contribution is 2.12. The van der Waals surface area contributed by atoms with Crippen molar-refractivity contribution in [2.75, 3.05) is 77.8 Å². The largest absolute Gasteiger partial charge is 0.378 e. The smallest absolute Gasteiger partial charge is 0.258 e. The quantitative estimate of drug-likeness (QED) is 0.294. The fraction of sp³-hybridized carbons (Fsp3) is 0.923. The summed E-state index contributed by atoms with van der Waals surface area (Å²) in [5.41, 5.74) is 0. The minimum absolute atomic E-state index is 0.0493. The highest BCUT2D eigenvalue weighted by Gasteiger charge is 2.00. The van der Waals surface area contributed by atoms with Crippen LogP contribution in [0.2, 0.25) is 0 Å². The molecule has 0 saturated heterocycles. The monoisotopic (exact) mass is 344 g/mol. The van der Waals surface area contributed by atoms with Crippen LogP contribution in [0.5, 0.6) is 0 Å². The zero-order chi connectivity index (χ0) is 15.9. The number of nitrogens with one attached hydrogen (secondary N) is 2. The van der Waals surface area contributed by atoms with Crippen LogP contribution in [0.25, 0.3) is 0 Å². The minimum atomic E-state index is -0.552. The normalized spacial score (nSPS) is 12.2. The van der Waals surface area contributed by atoms with Gasteiger partial charge in [-0.25, -0.2) is 11.1 Å². The van der Waals surface area contributed by atoms with Crippen LogP contribution < -0.4 is 10.0 Å². The van der Waals surface area contributed by atoms with Crippen molar-refractivity contribution in [3.63, 3.8) is 0 Å². The van der Waals surface area contributed by atoms with Gasteiger partial charge in [-0.3, -0.25) is 9.52 Å². The summed E-state index contributed by atoms with van der Waals surface area (Å²) >= 11 is -0.0493. The van der Waals surface area contributed by atoms with Crippen LogP contribution in [-0.2, 0) is 14.2 Å². The van der Waals surface area contributed by atoms with Gasteiger partial charge < -0.3 is 19.5 Å². The van der Waals surface area contributed by atoms with Gasteiger partial charge in [-0.1, -0.05) is 0 Å². The predicted molar refractivity (Wildman–Crippen MR) is 95.5 cm³/mol. The first kappa shape index (κ1) is 21.0. The van der Waals surface area contributed by atoms with Crippen molar-refractivity contribution in [3.8, 4) is 0 Å². The molecule has 130 valence electrons. The fourth-order valence-electron chi connectivity index (χ4n) is 1.27. The first-order valence-corrected chi connectivity index (χ1v) is 11.6. The lowest BCUT2D eigenvalue weighted by Crippen LogP contribution is -2.25. The molecule has 0 atom stereocenters. The molecule has 0 aliphatic carbocycles. The summed E-state index contributed by atoms with van der Waals surface area (Å²) in [4.78, 5) is 11.3. The van der Waals surface area contributed by atoms with Crippen molar-refractivity contribution in [2.24, 2.45) is 0 Å². The van der Waals surface area contributed by atoms with Crippen molar-refractivity contribution in [1.82, 2.24) is 10.0 Å². The molecule has 0 heterocycles. The van der Waals surface area contributed by atoms with E-state index in [2.05, 4.69) is 22.6 Å². The van der Waals surface area contributed by atoms with Gasteiger partial charge >= 0.3 is 0 Å². The summed E-state index contributed by atoms with van der Waals surface area (Å²) in [6, 6.07) is 0. The summed E-state index contributed by atoms with van der Waals surface area (Å²) in [5.74, 6) is 0. The molecule has 0 aromatic heterocycles. The second-order valence-electron chi connectivity index (χ2n) is 4.77. The second-order valence-corrected chi connectivity index (χ2v) is 9.07. The number of hydrogen-bond acceptors (Lipinski definition) is 5. The molecule has 0 spiro atoms. The van der Waals surface area contributed by atoms with Crippen molar-refractivity contribution in [1.29, 1.82) is 0 Å². The molecule has 2 N–H and O–H groups in total. The van der Waals surface area contributed by atoms with Gasteiger partial charge in [0.25, 0.3) is 5.24 Å². The van der Waals surface area contributed by atoms with Gasteiger partial charge in [-0.05, 0) is 25.0 Å².